The van der Waals surface area contributed by atoms with Crippen LogP contribution in [-0.2, 0) is 17.6 Å². The van der Waals surface area contributed by atoms with E-state index in [1.54, 1.807) is 0 Å². The normalized spacial score (nSPS) is 16.9. The van der Waals surface area contributed by atoms with Gasteiger partial charge >= 0.3 is 0 Å². The molecule has 1 saturated heterocycles. The summed E-state index contributed by atoms with van der Waals surface area (Å²) in [6, 6.07) is 14.9. The molecule has 0 atom stereocenters. The van der Waals surface area contributed by atoms with Crippen molar-refractivity contribution in [3.05, 3.63) is 64.7 Å². The van der Waals surface area contributed by atoms with Crippen molar-refractivity contribution in [2.45, 2.75) is 46.0 Å². The van der Waals surface area contributed by atoms with Crippen molar-refractivity contribution >= 4 is 22.4 Å². The number of benzene rings is 2. The summed E-state index contributed by atoms with van der Waals surface area (Å²) in [6.07, 6.45) is 5.66. The number of aryl methyl sites for hydroxylation is 2. The van der Waals surface area contributed by atoms with Crippen LogP contribution in [0.5, 0.6) is 11.5 Å². The molecule has 2 aromatic carbocycles. The molecule has 0 N–H and O–H groups in total. The van der Waals surface area contributed by atoms with E-state index < -0.39 is 0 Å². The molecule has 2 aliphatic rings. The van der Waals surface area contributed by atoms with Gasteiger partial charge in [0.25, 0.3) is 0 Å². The van der Waals surface area contributed by atoms with Crippen LogP contribution in [0.3, 0.4) is 0 Å². The first-order valence-electron chi connectivity index (χ1n) is 11.0. The maximum absolute atomic E-state index is 11.2. The highest BCUT2D eigenvalue weighted by atomic mass is 35.5. The lowest BCUT2D eigenvalue weighted by Crippen LogP contribution is -2.49. The van der Waals surface area contributed by atoms with Gasteiger partial charge in [-0.3, -0.25) is 9.69 Å². The quantitative estimate of drug-likeness (QED) is 0.471. The summed E-state index contributed by atoms with van der Waals surface area (Å²) < 4.78 is 6.12. The fourth-order valence-electron chi connectivity index (χ4n) is 4.42. The number of hydrogen-bond acceptors (Lipinski definition) is 3. The van der Waals surface area contributed by atoms with E-state index in [9.17, 15) is 4.79 Å². The predicted molar refractivity (Wildman–Crippen MR) is 123 cm³/mol. The number of hydrogen-bond donors (Lipinski definition) is 0. The Balaban J connectivity index is 1.41. The number of unbranched alkanes of at least 4 members (excludes halogenated alkanes) is 1. The lowest BCUT2D eigenvalue weighted by Gasteiger charge is -2.38. The number of halogens is 1. The third kappa shape index (κ3) is 4.79. The molecule has 1 aliphatic heterocycles. The van der Waals surface area contributed by atoms with Crippen molar-refractivity contribution in [2.75, 3.05) is 19.6 Å². The van der Waals surface area contributed by atoms with Crippen LogP contribution in [0.25, 0.3) is 5.57 Å². The molecule has 2 aromatic rings. The van der Waals surface area contributed by atoms with E-state index in [1.165, 1.54) is 40.7 Å². The van der Waals surface area contributed by atoms with Gasteiger partial charge in [-0.15, -0.1) is 0 Å². The third-order valence-corrected chi connectivity index (χ3v) is 6.69. The maximum Gasteiger partial charge on any atom is 0.227 e. The van der Waals surface area contributed by atoms with Gasteiger partial charge in [-0.1, -0.05) is 37.1 Å². The van der Waals surface area contributed by atoms with Crippen molar-refractivity contribution in [2.24, 2.45) is 5.92 Å². The Labute approximate surface area is 184 Å². The second-order valence-electron chi connectivity index (χ2n) is 8.59. The number of nitrogens with zero attached hydrogens (tertiary/aromatic N) is 1. The Hall–Kier alpha value is -2.10. The zero-order chi connectivity index (χ0) is 21.1. The Kier molecular flexibility index (Phi) is 6.60. The van der Waals surface area contributed by atoms with Crippen molar-refractivity contribution in [3.8, 4) is 11.5 Å². The van der Waals surface area contributed by atoms with E-state index in [1.807, 2.05) is 0 Å². The van der Waals surface area contributed by atoms with E-state index in [4.69, 9.17) is 16.3 Å². The second kappa shape index (κ2) is 9.36. The molecule has 0 saturated carbocycles. The lowest BCUT2D eigenvalue weighted by molar-refractivity contribution is -0.119. The highest BCUT2D eigenvalue weighted by Crippen LogP contribution is 2.35. The number of rotatable bonds is 8. The van der Waals surface area contributed by atoms with E-state index in [0.717, 1.165) is 50.4 Å². The molecule has 0 unspecified atom stereocenters. The topological polar surface area (TPSA) is 29.5 Å². The molecule has 0 spiro atoms. The Bertz CT molecular complexity index is 942. The van der Waals surface area contributed by atoms with Gasteiger partial charge in [0.2, 0.25) is 5.24 Å². The molecule has 0 radical (unpaired) electrons. The maximum atomic E-state index is 11.2. The Morgan fingerprint density at radius 2 is 1.83 bits per heavy atom. The van der Waals surface area contributed by atoms with E-state index in [-0.39, 0.29) is 11.2 Å². The highest BCUT2D eigenvalue weighted by molar-refractivity contribution is 6.64. The fraction of sp³-hybridized carbons (Fsp3) is 0.423. The van der Waals surface area contributed by atoms with Crippen LogP contribution >= 0.6 is 11.6 Å². The van der Waals surface area contributed by atoms with E-state index in [2.05, 4.69) is 61.2 Å². The van der Waals surface area contributed by atoms with Gasteiger partial charge < -0.3 is 4.74 Å². The van der Waals surface area contributed by atoms with Crippen LogP contribution < -0.4 is 4.74 Å². The second-order valence-corrected chi connectivity index (χ2v) is 8.96. The minimum Gasteiger partial charge on any atom is -0.457 e. The summed E-state index contributed by atoms with van der Waals surface area (Å²) in [5, 5.41) is -0.200. The zero-order valence-electron chi connectivity index (χ0n) is 17.9. The number of allylic oxidation sites excluding steroid dienone is 1. The largest absolute Gasteiger partial charge is 0.457 e. The van der Waals surface area contributed by atoms with Crippen molar-refractivity contribution in [1.29, 1.82) is 0 Å². The summed E-state index contributed by atoms with van der Waals surface area (Å²) in [4.78, 5) is 13.5. The first-order chi connectivity index (χ1) is 14.5. The molecule has 1 fully saturated rings. The molecule has 0 amide bonds. The summed E-state index contributed by atoms with van der Waals surface area (Å²) in [5.41, 5.74) is 6.88. The molecule has 1 aliphatic carbocycles. The molecule has 4 rings (SSSR count). The van der Waals surface area contributed by atoms with E-state index >= 15 is 0 Å². The Morgan fingerprint density at radius 3 is 2.53 bits per heavy atom. The van der Waals surface area contributed by atoms with Crippen molar-refractivity contribution in [3.63, 3.8) is 0 Å². The molecular formula is C26H30ClNO2. The summed E-state index contributed by atoms with van der Waals surface area (Å²) in [7, 11) is 0. The number of carbonyl (C=O) groups excluding carboxylic acids is 1. The van der Waals surface area contributed by atoms with Crippen LogP contribution in [0.4, 0.5) is 0 Å². The van der Waals surface area contributed by atoms with Gasteiger partial charge in [0.15, 0.2) is 0 Å². The Morgan fingerprint density at radius 1 is 1.10 bits per heavy atom. The summed E-state index contributed by atoms with van der Waals surface area (Å²) in [6.45, 7) is 6.95. The molecule has 3 nitrogen and oxygen atoms in total. The van der Waals surface area contributed by atoms with E-state index in [0.29, 0.717) is 0 Å². The molecule has 158 valence electrons. The molecule has 0 bridgehead atoms. The molecular weight excluding hydrogens is 394 g/mol. The van der Waals surface area contributed by atoms with Gasteiger partial charge in [0.05, 0.1) is 5.92 Å². The molecule has 1 heterocycles. The molecule has 30 heavy (non-hydrogen) atoms. The monoisotopic (exact) mass is 423 g/mol. The first-order valence-corrected chi connectivity index (χ1v) is 11.4. The lowest BCUT2D eigenvalue weighted by atomic mass is 9.85. The van der Waals surface area contributed by atoms with Crippen LogP contribution in [0.1, 0.15) is 49.8 Å². The number of likely N-dealkylation sites (tertiary alicyclic amines) is 1. The van der Waals surface area contributed by atoms with Crippen LogP contribution in [0.2, 0.25) is 0 Å². The number of carbonyl (C=O) groups is 1. The predicted octanol–water partition coefficient (Wildman–Crippen LogP) is 6.24. The summed E-state index contributed by atoms with van der Waals surface area (Å²) in [5.74, 6) is 1.81. The molecule has 0 aromatic heterocycles. The van der Waals surface area contributed by atoms with Crippen LogP contribution in [0.15, 0.2) is 48.0 Å². The highest BCUT2D eigenvalue weighted by Gasteiger charge is 2.32. The fourth-order valence-corrected chi connectivity index (χ4v) is 4.56. The van der Waals surface area contributed by atoms with Crippen molar-refractivity contribution in [1.82, 2.24) is 4.90 Å². The standard InChI is InChI=1S/C26H30ClNO2/c1-3-4-5-19-6-10-23(11-7-19)30-24-12-13-25-18(2)21(9-8-20(25)14-24)15-28-16-22(17-28)26(27)29/h6-7,10-14,22H,3-5,8-9,15-17H2,1-2H3. The minimum atomic E-state index is -0.200. The minimum absolute atomic E-state index is 0.0175. The van der Waals surface area contributed by atoms with Crippen LogP contribution in [0, 0.1) is 5.92 Å². The number of ether oxygens (including phenoxy) is 1. The average molecular weight is 424 g/mol. The van der Waals surface area contributed by atoms with Gasteiger partial charge in [-0.2, -0.15) is 0 Å². The summed E-state index contributed by atoms with van der Waals surface area (Å²) >= 11 is 5.59. The average Bonchev–Trinajstić information content (AvgIpc) is 2.71. The zero-order valence-corrected chi connectivity index (χ0v) is 18.7. The van der Waals surface area contributed by atoms with Gasteiger partial charge in [-0.05, 0) is 90.7 Å². The van der Waals surface area contributed by atoms with Crippen LogP contribution in [-0.4, -0.2) is 29.8 Å². The number of fused-ring (bicyclic) bond motifs is 1. The van der Waals surface area contributed by atoms with Gasteiger partial charge in [0, 0.05) is 19.6 Å². The van der Waals surface area contributed by atoms with Gasteiger partial charge in [-0.25, -0.2) is 0 Å². The third-order valence-electron chi connectivity index (χ3n) is 6.38. The SMILES string of the molecule is CCCCc1ccc(Oc2ccc3c(c2)CCC(CN2CC(C(=O)Cl)C2)=C3C)cc1. The van der Waals surface area contributed by atoms with Gasteiger partial charge in [0.1, 0.15) is 11.5 Å². The molecule has 4 heteroatoms. The smallest absolute Gasteiger partial charge is 0.227 e. The first kappa shape index (κ1) is 21.1. The van der Waals surface area contributed by atoms with Crippen molar-refractivity contribution < 1.29 is 9.53 Å².